The van der Waals surface area contributed by atoms with Crippen molar-refractivity contribution >= 4 is 17.5 Å². The first-order chi connectivity index (χ1) is 10.0. The lowest BCUT2D eigenvalue weighted by molar-refractivity contribution is -0.128. The van der Waals surface area contributed by atoms with Crippen LogP contribution in [0, 0.1) is 13.8 Å². The van der Waals surface area contributed by atoms with Gasteiger partial charge in [-0.3, -0.25) is 4.79 Å². The summed E-state index contributed by atoms with van der Waals surface area (Å²) in [4.78, 5) is 24.8. The molecule has 1 aromatic heterocycles. The van der Waals surface area contributed by atoms with E-state index in [-0.39, 0.29) is 5.91 Å². The SMILES string of the molecule is CCNc1nc(C)nc(N2CCCN(C(C)=O)CC2)c1C. The second-order valence-electron chi connectivity index (χ2n) is 5.45. The molecule has 2 heterocycles. The van der Waals surface area contributed by atoms with Crippen LogP contribution in [0.5, 0.6) is 0 Å². The first-order valence-corrected chi connectivity index (χ1v) is 7.62. The molecule has 6 nitrogen and oxygen atoms in total. The summed E-state index contributed by atoms with van der Waals surface area (Å²) in [6.45, 7) is 11.9. The van der Waals surface area contributed by atoms with Gasteiger partial charge in [0.25, 0.3) is 0 Å². The van der Waals surface area contributed by atoms with Crippen molar-refractivity contribution in [1.82, 2.24) is 14.9 Å². The van der Waals surface area contributed by atoms with Crippen molar-refractivity contribution in [2.45, 2.75) is 34.1 Å². The molecule has 0 aromatic carbocycles. The Morgan fingerprint density at radius 2 is 1.95 bits per heavy atom. The highest BCUT2D eigenvalue weighted by Gasteiger charge is 2.20. The van der Waals surface area contributed by atoms with Gasteiger partial charge in [0.2, 0.25) is 5.91 Å². The van der Waals surface area contributed by atoms with E-state index < -0.39 is 0 Å². The van der Waals surface area contributed by atoms with Crippen LogP contribution in [0.3, 0.4) is 0 Å². The fourth-order valence-corrected chi connectivity index (χ4v) is 2.71. The summed E-state index contributed by atoms with van der Waals surface area (Å²) in [6, 6.07) is 0. The Balaban J connectivity index is 2.23. The number of nitrogens with one attached hydrogen (secondary N) is 1. The summed E-state index contributed by atoms with van der Waals surface area (Å²) in [6.07, 6.45) is 0.971. The van der Waals surface area contributed by atoms with Crippen LogP contribution in [0.15, 0.2) is 0 Å². The highest BCUT2D eigenvalue weighted by atomic mass is 16.2. The normalized spacial score (nSPS) is 15.8. The van der Waals surface area contributed by atoms with Crippen molar-refractivity contribution in [3.63, 3.8) is 0 Å². The van der Waals surface area contributed by atoms with E-state index in [1.165, 1.54) is 0 Å². The molecule has 0 aliphatic carbocycles. The van der Waals surface area contributed by atoms with E-state index in [2.05, 4.69) is 34.0 Å². The van der Waals surface area contributed by atoms with E-state index >= 15 is 0 Å². The van der Waals surface area contributed by atoms with Crippen molar-refractivity contribution in [2.75, 3.05) is 42.9 Å². The monoisotopic (exact) mass is 291 g/mol. The topological polar surface area (TPSA) is 61.4 Å². The lowest BCUT2D eigenvalue weighted by Gasteiger charge is -2.25. The minimum Gasteiger partial charge on any atom is -0.370 e. The molecule has 1 fully saturated rings. The first-order valence-electron chi connectivity index (χ1n) is 7.62. The number of rotatable bonds is 3. The van der Waals surface area contributed by atoms with Gasteiger partial charge >= 0.3 is 0 Å². The second kappa shape index (κ2) is 6.74. The zero-order valence-corrected chi connectivity index (χ0v) is 13.4. The predicted octanol–water partition coefficient (Wildman–Crippen LogP) is 1.58. The van der Waals surface area contributed by atoms with Crippen molar-refractivity contribution in [3.05, 3.63) is 11.4 Å². The molecule has 21 heavy (non-hydrogen) atoms. The van der Waals surface area contributed by atoms with Gasteiger partial charge in [0.05, 0.1) is 0 Å². The van der Waals surface area contributed by atoms with E-state index in [9.17, 15) is 4.79 Å². The molecule has 0 saturated carbocycles. The fourth-order valence-electron chi connectivity index (χ4n) is 2.71. The second-order valence-corrected chi connectivity index (χ2v) is 5.45. The summed E-state index contributed by atoms with van der Waals surface area (Å²) in [5, 5.41) is 3.30. The lowest BCUT2D eigenvalue weighted by Crippen LogP contribution is -2.34. The summed E-state index contributed by atoms with van der Waals surface area (Å²) in [7, 11) is 0. The number of amides is 1. The van der Waals surface area contributed by atoms with Crippen LogP contribution >= 0.6 is 0 Å². The standard InChI is InChI=1S/C15H25N5O/c1-5-16-14-11(2)15(18-12(3)17-14)20-8-6-7-19(9-10-20)13(4)21/h5-10H2,1-4H3,(H,16,17,18). The van der Waals surface area contributed by atoms with Crippen molar-refractivity contribution in [1.29, 1.82) is 0 Å². The lowest BCUT2D eigenvalue weighted by atomic mass is 10.2. The average molecular weight is 291 g/mol. The molecule has 116 valence electrons. The number of hydrogen-bond acceptors (Lipinski definition) is 5. The molecular formula is C15H25N5O. The predicted molar refractivity (Wildman–Crippen MR) is 84.8 cm³/mol. The number of aromatic nitrogens is 2. The molecule has 0 atom stereocenters. The molecule has 0 radical (unpaired) electrons. The number of hydrogen-bond donors (Lipinski definition) is 1. The fraction of sp³-hybridized carbons (Fsp3) is 0.667. The van der Waals surface area contributed by atoms with E-state index in [1.54, 1.807) is 6.92 Å². The van der Waals surface area contributed by atoms with Gasteiger partial charge in [0.1, 0.15) is 17.5 Å². The summed E-state index contributed by atoms with van der Waals surface area (Å²) < 4.78 is 0. The molecule has 0 bridgehead atoms. The van der Waals surface area contributed by atoms with E-state index in [0.29, 0.717) is 0 Å². The molecule has 1 saturated heterocycles. The highest BCUT2D eigenvalue weighted by molar-refractivity contribution is 5.73. The molecule has 1 aliphatic heterocycles. The highest BCUT2D eigenvalue weighted by Crippen LogP contribution is 2.24. The number of nitrogens with zero attached hydrogens (tertiary/aromatic N) is 4. The third-order valence-corrected chi connectivity index (χ3v) is 3.82. The Kier molecular flexibility index (Phi) is 4.98. The van der Waals surface area contributed by atoms with Gasteiger partial charge in [-0.2, -0.15) is 0 Å². The average Bonchev–Trinajstić information content (AvgIpc) is 2.68. The van der Waals surface area contributed by atoms with Crippen molar-refractivity contribution in [3.8, 4) is 0 Å². The number of carbonyl (C=O) groups is 1. The zero-order chi connectivity index (χ0) is 15.4. The van der Waals surface area contributed by atoms with Gasteiger partial charge in [-0.25, -0.2) is 9.97 Å². The maximum Gasteiger partial charge on any atom is 0.219 e. The first kappa shape index (κ1) is 15.5. The molecule has 0 unspecified atom stereocenters. The Bertz CT molecular complexity index is 517. The minimum atomic E-state index is 0.153. The summed E-state index contributed by atoms with van der Waals surface area (Å²) >= 11 is 0. The van der Waals surface area contributed by atoms with Crippen LogP contribution in [0.4, 0.5) is 11.6 Å². The third-order valence-electron chi connectivity index (χ3n) is 3.82. The van der Waals surface area contributed by atoms with Gasteiger partial charge in [-0.05, 0) is 27.2 Å². The Hall–Kier alpha value is -1.85. The maximum atomic E-state index is 11.5. The number of aryl methyl sites for hydroxylation is 1. The molecular weight excluding hydrogens is 266 g/mol. The van der Waals surface area contributed by atoms with Crippen LogP contribution in [-0.4, -0.2) is 53.5 Å². The number of carbonyl (C=O) groups excluding carboxylic acids is 1. The molecule has 6 heteroatoms. The summed E-state index contributed by atoms with van der Waals surface area (Å²) in [5.74, 6) is 2.83. The Morgan fingerprint density at radius 1 is 1.19 bits per heavy atom. The van der Waals surface area contributed by atoms with E-state index in [4.69, 9.17) is 0 Å². The quantitative estimate of drug-likeness (QED) is 0.916. The molecule has 0 spiro atoms. The van der Waals surface area contributed by atoms with Gasteiger partial charge in [-0.15, -0.1) is 0 Å². The van der Waals surface area contributed by atoms with Crippen LogP contribution < -0.4 is 10.2 Å². The molecule has 1 amide bonds. The van der Waals surface area contributed by atoms with Crippen LogP contribution in [0.1, 0.15) is 31.7 Å². The van der Waals surface area contributed by atoms with Gasteiger partial charge < -0.3 is 15.1 Å². The molecule has 2 rings (SSSR count). The van der Waals surface area contributed by atoms with Crippen molar-refractivity contribution in [2.24, 2.45) is 0 Å². The van der Waals surface area contributed by atoms with Gasteiger partial charge in [0, 0.05) is 45.2 Å². The van der Waals surface area contributed by atoms with Crippen LogP contribution in [0.25, 0.3) is 0 Å². The van der Waals surface area contributed by atoms with Gasteiger partial charge in [-0.1, -0.05) is 0 Å². The molecule has 1 aromatic rings. The smallest absolute Gasteiger partial charge is 0.219 e. The van der Waals surface area contributed by atoms with Gasteiger partial charge in [0.15, 0.2) is 0 Å². The molecule has 1 N–H and O–H groups in total. The third kappa shape index (κ3) is 3.62. The Labute approximate surface area is 126 Å². The van der Waals surface area contributed by atoms with Crippen LogP contribution in [0.2, 0.25) is 0 Å². The largest absolute Gasteiger partial charge is 0.370 e. The minimum absolute atomic E-state index is 0.153. The van der Waals surface area contributed by atoms with E-state index in [1.807, 2.05) is 11.8 Å². The van der Waals surface area contributed by atoms with Crippen LogP contribution in [-0.2, 0) is 4.79 Å². The van der Waals surface area contributed by atoms with Crippen molar-refractivity contribution < 1.29 is 4.79 Å². The maximum absolute atomic E-state index is 11.5. The Morgan fingerprint density at radius 3 is 2.62 bits per heavy atom. The molecule has 1 aliphatic rings. The van der Waals surface area contributed by atoms with E-state index in [0.717, 1.165) is 62.2 Å². The zero-order valence-electron chi connectivity index (χ0n) is 13.4. The summed E-state index contributed by atoms with van der Waals surface area (Å²) in [5.41, 5.74) is 1.08. The number of anilines is 2.